The van der Waals surface area contributed by atoms with Gasteiger partial charge in [0.25, 0.3) is 0 Å². The van der Waals surface area contributed by atoms with E-state index in [4.69, 9.17) is 10.8 Å². The fourth-order valence-electron chi connectivity index (χ4n) is 1.63. The van der Waals surface area contributed by atoms with Crippen LogP contribution in [0.3, 0.4) is 0 Å². The van der Waals surface area contributed by atoms with E-state index < -0.39 is 40.4 Å². The van der Waals surface area contributed by atoms with Crippen molar-refractivity contribution < 1.29 is 27.6 Å². The maximum absolute atomic E-state index is 12.8. The van der Waals surface area contributed by atoms with Gasteiger partial charge in [-0.15, -0.1) is 0 Å². The van der Waals surface area contributed by atoms with E-state index in [1.165, 1.54) is 12.1 Å². The van der Waals surface area contributed by atoms with Crippen LogP contribution < -0.4 is 5.73 Å². The minimum atomic E-state index is -4.64. The Kier molecular flexibility index (Phi) is 2.93. The van der Waals surface area contributed by atoms with Gasteiger partial charge in [-0.1, -0.05) is 23.4 Å². The maximum atomic E-state index is 12.8. The molecular weight excluding hydrogens is 265 g/mol. The lowest BCUT2D eigenvalue weighted by atomic mass is 10.0. The highest BCUT2D eigenvalue weighted by molar-refractivity contribution is 5.99. The number of halogens is 3. The van der Waals surface area contributed by atoms with Crippen molar-refractivity contribution >= 4 is 11.9 Å². The number of alkyl halides is 3. The van der Waals surface area contributed by atoms with Gasteiger partial charge in [-0.25, -0.2) is 4.79 Å². The van der Waals surface area contributed by atoms with Crippen LogP contribution >= 0.6 is 0 Å². The average molecular weight is 272 g/mol. The first-order valence-electron chi connectivity index (χ1n) is 4.97. The molecule has 8 heteroatoms. The summed E-state index contributed by atoms with van der Waals surface area (Å²) < 4.78 is 43.0. The Morgan fingerprint density at radius 3 is 2.53 bits per heavy atom. The molecular formula is C11H7F3N2O3. The van der Waals surface area contributed by atoms with Gasteiger partial charge in [0, 0.05) is 5.56 Å². The number of aromatic nitrogens is 1. The predicted molar refractivity (Wildman–Crippen MR) is 58.3 cm³/mol. The van der Waals surface area contributed by atoms with Crippen LogP contribution in [-0.4, -0.2) is 16.2 Å². The molecule has 0 atom stereocenters. The molecule has 0 unspecified atom stereocenters. The fourth-order valence-corrected chi connectivity index (χ4v) is 1.63. The molecule has 0 saturated carbocycles. The van der Waals surface area contributed by atoms with E-state index in [9.17, 15) is 18.0 Å². The number of benzene rings is 1. The normalized spacial score (nSPS) is 11.5. The largest absolute Gasteiger partial charge is 0.477 e. The Bertz CT molecular complexity index is 634. The minimum absolute atomic E-state index is 0.396. The molecule has 2 rings (SSSR count). The number of carboxylic acids is 1. The standard InChI is InChI=1S/C11H7F3N2O3/c12-11(13,14)6-4-2-1-3-5(6)8-7(10(17)18)9(15)19-16-8/h1-4H,15H2,(H,17,18). The smallest absolute Gasteiger partial charge is 0.417 e. The Hall–Kier alpha value is -2.51. The third kappa shape index (κ3) is 2.24. The third-order valence-electron chi connectivity index (χ3n) is 2.42. The van der Waals surface area contributed by atoms with E-state index in [2.05, 4.69) is 9.68 Å². The second kappa shape index (κ2) is 4.30. The van der Waals surface area contributed by atoms with E-state index in [0.29, 0.717) is 0 Å². The Morgan fingerprint density at radius 1 is 1.32 bits per heavy atom. The van der Waals surface area contributed by atoms with Crippen molar-refractivity contribution in [2.24, 2.45) is 0 Å². The molecule has 0 saturated heterocycles. The Morgan fingerprint density at radius 2 is 1.95 bits per heavy atom. The van der Waals surface area contributed by atoms with Gasteiger partial charge >= 0.3 is 12.1 Å². The molecule has 0 aliphatic rings. The summed E-state index contributed by atoms with van der Waals surface area (Å²) in [6.07, 6.45) is -4.64. The molecule has 1 heterocycles. The molecule has 3 N–H and O–H groups in total. The van der Waals surface area contributed by atoms with Crippen LogP contribution in [0.5, 0.6) is 0 Å². The summed E-state index contributed by atoms with van der Waals surface area (Å²) >= 11 is 0. The molecule has 2 aromatic rings. The van der Waals surface area contributed by atoms with Gasteiger partial charge in [0.15, 0.2) is 5.56 Å². The van der Waals surface area contributed by atoms with Crippen molar-refractivity contribution in [2.45, 2.75) is 6.18 Å². The lowest BCUT2D eigenvalue weighted by molar-refractivity contribution is -0.137. The van der Waals surface area contributed by atoms with Gasteiger partial charge in [0.2, 0.25) is 5.88 Å². The summed E-state index contributed by atoms with van der Waals surface area (Å²) in [7, 11) is 0. The number of hydrogen-bond donors (Lipinski definition) is 2. The predicted octanol–water partition coefficient (Wildman–Crippen LogP) is 2.64. The first kappa shape index (κ1) is 12.9. The molecule has 0 radical (unpaired) electrons. The number of carbonyl (C=O) groups is 1. The van der Waals surface area contributed by atoms with E-state index in [-0.39, 0.29) is 0 Å². The molecule has 0 aliphatic carbocycles. The highest BCUT2D eigenvalue weighted by atomic mass is 19.4. The van der Waals surface area contributed by atoms with Crippen molar-refractivity contribution in [3.63, 3.8) is 0 Å². The molecule has 0 fully saturated rings. The van der Waals surface area contributed by atoms with Crippen LogP contribution in [0, 0.1) is 0 Å². The minimum Gasteiger partial charge on any atom is -0.477 e. The first-order valence-corrected chi connectivity index (χ1v) is 4.97. The van der Waals surface area contributed by atoms with E-state index in [0.717, 1.165) is 12.1 Å². The quantitative estimate of drug-likeness (QED) is 0.877. The Balaban J connectivity index is 2.70. The third-order valence-corrected chi connectivity index (χ3v) is 2.42. The molecule has 1 aromatic carbocycles. The second-order valence-corrected chi connectivity index (χ2v) is 3.62. The summed E-state index contributed by atoms with van der Waals surface area (Å²) in [5.74, 6) is -2.05. The van der Waals surface area contributed by atoms with Crippen molar-refractivity contribution in [1.29, 1.82) is 0 Å². The van der Waals surface area contributed by atoms with Crippen LogP contribution in [0.4, 0.5) is 19.1 Å². The summed E-state index contributed by atoms with van der Waals surface area (Å²) in [5.41, 5.74) is 2.81. The zero-order chi connectivity index (χ0) is 14.2. The number of rotatable bonds is 2. The monoisotopic (exact) mass is 272 g/mol. The van der Waals surface area contributed by atoms with E-state index in [1.807, 2.05) is 0 Å². The molecule has 0 aliphatic heterocycles. The van der Waals surface area contributed by atoms with E-state index >= 15 is 0 Å². The summed E-state index contributed by atoms with van der Waals surface area (Å²) in [6.45, 7) is 0. The highest BCUT2D eigenvalue weighted by Crippen LogP contribution is 2.38. The Labute approximate surface area is 104 Å². The number of carboxylic acid groups (broad SMARTS) is 1. The van der Waals surface area contributed by atoms with Gasteiger partial charge in [0.1, 0.15) is 5.69 Å². The lowest BCUT2D eigenvalue weighted by Gasteiger charge is -2.10. The zero-order valence-corrected chi connectivity index (χ0v) is 9.23. The van der Waals surface area contributed by atoms with Gasteiger partial charge in [-0.05, 0) is 6.07 Å². The van der Waals surface area contributed by atoms with Crippen molar-refractivity contribution in [3.8, 4) is 11.3 Å². The van der Waals surface area contributed by atoms with Crippen LogP contribution in [0.1, 0.15) is 15.9 Å². The first-order chi connectivity index (χ1) is 8.82. The molecule has 5 nitrogen and oxygen atoms in total. The topological polar surface area (TPSA) is 89.4 Å². The molecule has 0 spiro atoms. The summed E-state index contributed by atoms with van der Waals surface area (Å²) in [5, 5.41) is 12.2. The van der Waals surface area contributed by atoms with E-state index in [1.54, 1.807) is 0 Å². The number of anilines is 1. The molecule has 1 aromatic heterocycles. The van der Waals surface area contributed by atoms with Gasteiger partial charge in [-0.3, -0.25) is 0 Å². The molecule has 0 amide bonds. The molecule has 0 bridgehead atoms. The van der Waals surface area contributed by atoms with Gasteiger partial charge in [-0.2, -0.15) is 13.2 Å². The average Bonchev–Trinajstić information content (AvgIpc) is 2.70. The van der Waals surface area contributed by atoms with Crippen LogP contribution in [-0.2, 0) is 6.18 Å². The number of nitrogen functional groups attached to an aromatic ring is 1. The molecule has 19 heavy (non-hydrogen) atoms. The second-order valence-electron chi connectivity index (χ2n) is 3.62. The van der Waals surface area contributed by atoms with Gasteiger partial charge in [0.05, 0.1) is 5.56 Å². The summed E-state index contributed by atoms with van der Waals surface area (Å²) in [6, 6.07) is 4.45. The number of nitrogens with two attached hydrogens (primary N) is 1. The van der Waals surface area contributed by atoms with Crippen molar-refractivity contribution in [1.82, 2.24) is 5.16 Å². The highest BCUT2D eigenvalue weighted by Gasteiger charge is 2.35. The SMILES string of the molecule is Nc1onc(-c2ccccc2C(F)(F)F)c1C(=O)O. The van der Waals surface area contributed by atoms with Crippen LogP contribution in [0.25, 0.3) is 11.3 Å². The number of hydrogen-bond acceptors (Lipinski definition) is 4. The van der Waals surface area contributed by atoms with Crippen LogP contribution in [0.2, 0.25) is 0 Å². The van der Waals surface area contributed by atoms with Crippen molar-refractivity contribution in [2.75, 3.05) is 5.73 Å². The number of aromatic carboxylic acids is 1. The fraction of sp³-hybridized carbons (Fsp3) is 0.0909. The zero-order valence-electron chi connectivity index (χ0n) is 9.23. The van der Waals surface area contributed by atoms with Crippen LogP contribution in [0.15, 0.2) is 28.8 Å². The summed E-state index contributed by atoms with van der Waals surface area (Å²) in [4.78, 5) is 11.0. The van der Waals surface area contributed by atoms with Gasteiger partial charge < -0.3 is 15.4 Å². The lowest BCUT2D eigenvalue weighted by Crippen LogP contribution is -2.09. The van der Waals surface area contributed by atoms with Crippen molar-refractivity contribution in [3.05, 3.63) is 35.4 Å². The number of nitrogens with zero attached hydrogens (tertiary/aromatic N) is 1. The molecule has 100 valence electrons. The maximum Gasteiger partial charge on any atom is 0.417 e.